The molecule has 0 bridgehead atoms. The second-order valence-corrected chi connectivity index (χ2v) is 10.0. The van der Waals surface area contributed by atoms with E-state index in [0.29, 0.717) is 41.7 Å². The van der Waals surface area contributed by atoms with Gasteiger partial charge in [-0.1, -0.05) is 23.7 Å². The van der Waals surface area contributed by atoms with Gasteiger partial charge in [0, 0.05) is 42.7 Å². The molecule has 9 heteroatoms. The number of carbonyl (C=O) groups excluding carboxylic acids is 2. The number of fused-ring (bicyclic) bond motifs is 1. The number of para-hydroxylation sites is 1. The Balaban J connectivity index is 1.68. The van der Waals surface area contributed by atoms with Gasteiger partial charge in [0.25, 0.3) is 5.91 Å². The molecule has 1 aliphatic rings. The molecule has 0 unspecified atom stereocenters. The lowest BCUT2D eigenvalue weighted by Crippen LogP contribution is -2.34. The molecule has 8 nitrogen and oxygen atoms in total. The van der Waals surface area contributed by atoms with Gasteiger partial charge in [-0.15, -0.1) is 0 Å². The van der Waals surface area contributed by atoms with Crippen molar-refractivity contribution in [3.63, 3.8) is 0 Å². The third-order valence-electron chi connectivity index (χ3n) is 6.28. The van der Waals surface area contributed by atoms with Crippen LogP contribution in [0.15, 0.2) is 42.5 Å². The minimum Gasteiger partial charge on any atom is -0.337 e. The highest BCUT2D eigenvalue weighted by Gasteiger charge is 2.27. The summed E-state index contributed by atoms with van der Waals surface area (Å²) in [6.45, 7) is 5.64. The number of benzene rings is 1. The number of carbonyl (C=O) groups is 2. The summed E-state index contributed by atoms with van der Waals surface area (Å²) in [6.07, 6.45) is 6.25. The van der Waals surface area contributed by atoms with Crippen molar-refractivity contribution in [1.82, 2.24) is 24.3 Å². The molecule has 2 amide bonds. The maximum absolute atomic E-state index is 13.2. The largest absolute Gasteiger partial charge is 0.337 e. The van der Waals surface area contributed by atoms with Crippen LogP contribution in [0.1, 0.15) is 47.1 Å². The van der Waals surface area contributed by atoms with Gasteiger partial charge in [0.1, 0.15) is 0 Å². The number of nitrogens with one attached hydrogen (secondary N) is 1. The molecular formula is C27H33ClN6O2. The lowest BCUT2D eigenvalue weighted by Gasteiger charge is -2.26. The third kappa shape index (κ3) is 5.94. The van der Waals surface area contributed by atoms with Crippen LogP contribution < -0.4 is 5.32 Å². The topological polar surface area (TPSA) is 83.4 Å². The predicted octanol–water partition coefficient (Wildman–Crippen LogP) is 4.63. The molecule has 0 radical (unpaired) electrons. The van der Waals surface area contributed by atoms with E-state index in [9.17, 15) is 9.59 Å². The van der Waals surface area contributed by atoms with Gasteiger partial charge in [0.2, 0.25) is 11.9 Å². The fourth-order valence-corrected chi connectivity index (χ4v) is 4.95. The highest BCUT2D eigenvalue weighted by molar-refractivity contribution is 6.35. The van der Waals surface area contributed by atoms with Gasteiger partial charge in [-0.05, 0) is 71.5 Å². The summed E-state index contributed by atoms with van der Waals surface area (Å²) in [5.74, 6) is 0.162. The number of nitrogens with zero attached hydrogens (tertiary/aromatic N) is 5. The number of pyridine rings is 1. The number of likely N-dealkylation sites (N-methyl/N-ethyl adjacent to an activating group) is 1. The average Bonchev–Trinajstić information content (AvgIpc) is 3.00. The Bertz CT molecular complexity index is 1280. The van der Waals surface area contributed by atoms with Crippen LogP contribution >= 0.6 is 11.6 Å². The number of likely N-dealkylation sites (tertiary alicyclic amines) is 1. The zero-order chi connectivity index (χ0) is 25.8. The first-order chi connectivity index (χ1) is 17.2. The minimum absolute atomic E-state index is 0.00686. The van der Waals surface area contributed by atoms with Crippen LogP contribution in [-0.2, 0) is 4.79 Å². The first-order valence-corrected chi connectivity index (χ1v) is 12.6. The van der Waals surface area contributed by atoms with Crippen LogP contribution in [0.5, 0.6) is 0 Å². The van der Waals surface area contributed by atoms with Crippen molar-refractivity contribution in [2.45, 2.75) is 39.2 Å². The van der Waals surface area contributed by atoms with Crippen molar-refractivity contribution in [2.75, 3.05) is 39.0 Å². The summed E-state index contributed by atoms with van der Waals surface area (Å²) in [7, 11) is 3.93. The number of aromatic nitrogens is 3. The van der Waals surface area contributed by atoms with Crippen molar-refractivity contribution in [3.05, 3.63) is 64.5 Å². The van der Waals surface area contributed by atoms with E-state index in [4.69, 9.17) is 16.6 Å². The molecule has 190 valence electrons. The molecule has 4 rings (SSSR count). The number of amides is 2. The molecule has 36 heavy (non-hydrogen) atoms. The van der Waals surface area contributed by atoms with Crippen molar-refractivity contribution in [2.24, 2.45) is 0 Å². The van der Waals surface area contributed by atoms with Crippen LogP contribution in [0.2, 0.25) is 5.02 Å². The molecule has 0 saturated carbocycles. The Morgan fingerprint density at radius 3 is 2.64 bits per heavy atom. The summed E-state index contributed by atoms with van der Waals surface area (Å²) < 4.78 is 2.01. The number of hydrogen-bond donors (Lipinski definition) is 1. The summed E-state index contributed by atoms with van der Waals surface area (Å²) >= 11 is 6.65. The Hall–Kier alpha value is -3.23. The summed E-state index contributed by atoms with van der Waals surface area (Å²) in [4.78, 5) is 39.2. The highest BCUT2D eigenvalue weighted by atomic mass is 35.5. The second-order valence-electron chi connectivity index (χ2n) is 9.60. The molecular weight excluding hydrogens is 476 g/mol. The quantitative estimate of drug-likeness (QED) is 0.491. The molecule has 1 saturated heterocycles. The summed E-state index contributed by atoms with van der Waals surface area (Å²) in [5.41, 5.74) is 3.54. The Morgan fingerprint density at radius 2 is 1.92 bits per heavy atom. The molecule has 1 fully saturated rings. The normalized spacial score (nSPS) is 16.6. The molecule has 1 atom stereocenters. The summed E-state index contributed by atoms with van der Waals surface area (Å²) in [6, 6.07) is 8.99. The van der Waals surface area contributed by atoms with Gasteiger partial charge >= 0.3 is 0 Å². The molecule has 1 N–H and O–H groups in total. The number of halogens is 1. The van der Waals surface area contributed by atoms with Crippen molar-refractivity contribution >= 4 is 40.4 Å². The number of imidazole rings is 1. The van der Waals surface area contributed by atoms with E-state index >= 15 is 0 Å². The molecule has 0 spiro atoms. The zero-order valence-corrected chi connectivity index (χ0v) is 22.0. The van der Waals surface area contributed by atoms with Gasteiger partial charge in [0.15, 0.2) is 0 Å². The molecule has 1 aliphatic heterocycles. The maximum atomic E-state index is 13.2. The maximum Gasteiger partial charge on any atom is 0.258 e. The number of hydrogen-bond acceptors (Lipinski definition) is 5. The molecule has 3 aromatic rings. The van der Waals surface area contributed by atoms with E-state index in [1.165, 1.54) is 0 Å². The van der Waals surface area contributed by atoms with Gasteiger partial charge in [0.05, 0.1) is 22.1 Å². The highest BCUT2D eigenvalue weighted by Crippen LogP contribution is 2.34. The van der Waals surface area contributed by atoms with Gasteiger partial charge in [-0.3, -0.25) is 19.9 Å². The fourth-order valence-electron chi connectivity index (χ4n) is 4.69. The van der Waals surface area contributed by atoms with Gasteiger partial charge in [-0.25, -0.2) is 4.98 Å². The van der Waals surface area contributed by atoms with Crippen molar-refractivity contribution < 1.29 is 9.59 Å². The van der Waals surface area contributed by atoms with Crippen LogP contribution in [0.25, 0.3) is 11.0 Å². The van der Waals surface area contributed by atoms with Crippen LogP contribution in [0, 0.1) is 13.8 Å². The number of aryl methyl sites for hydroxylation is 2. The van der Waals surface area contributed by atoms with Crippen LogP contribution in [-0.4, -0.2) is 69.9 Å². The van der Waals surface area contributed by atoms with Crippen molar-refractivity contribution in [3.8, 4) is 0 Å². The number of anilines is 1. The lowest BCUT2D eigenvalue weighted by molar-refractivity contribution is -0.126. The van der Waals surface area contributed by atoms with E-state index in [-0.39, 0.29) is 17.9 Å². The van der Waals surface area contributed by atoms with Gasteiger partial charge < -0.3 is 14.4 Å². The monoisotopic (exact) mass is 508 g/mol. The molecule has 1 aromatic carbocycles. The van der Waals surface area contributed by atoms with E-state index in [0.717, 1.165) is 36.2 Å². The van der Waals surface area contributed by atoms with E-state index < -0.39 is 0 Å². The smallest absolute Gasteiger partial charge is 0.258 e. The Labute approximate surface area is 217 Å². The average molecular weight is 509 g/mol. The minimum atomic E-state index is -0.260. The number of rotatable bonds is 6. The Kier molecular flexibility index (Phi) is 8.06. The first-order valence-electron chi connectivity index (χ1n) is 12.3. The zero-order valence-electron chi connectivity index (χ0n) is 21.3. The third-order valence-corrected chi connectivity index (χ3v) is 6.59. The molecule has 0 aliphatic carbocycles. The van der Waals surface area contributed by atoms with Crippen LogP contribution in [0.4, 0.5) is 5.95 Å². The van der Waals surface area contributed by atoms with Gasteiger partial charge in [-0.2, -0.15) is 0 Å². The second kappa shape index (κ2) is 11.2. The van der Waals surface area contributed by atoms with E-state index in [1.54, 1.807) is 18.2 Å². The Morgan fingerprint density at radius 1 is 1.17 bits per heavy atom. The van der Waals surface area contributed by atoms with Crippen molar-refractivity contribution in [1.29, 1.82) is 0 Å². The van der Waals surface area contributed by atoms with Crippen LogP contribution in [0.3, 0.4) is 0 Å². The SMILES string of the molecule is Cc1cc(C(=O)Nc2nc3cccc(Cl)c3n2[C@H]2CCCCN(C(=O)/C=C/CN(C)C)C2)cc(C)n1. The van der Waals surface area contributed by atoms with E-state index in [2.05, 4.69) is 10.3 Å². The standard InChI is InChI=1S/C27H33ClN6O2/c1-18-15-20(16-19(2)29-18)26(36)31-27-30-23-11-7-10-22(28)25(23)34(27)21-9-5-6-14-33(17-21)24(35)12-8-13-32(3)4/h7-8,10-12,15-16,21H,5-6,9,13-14,17H2,1-4H3,(H,30,31,36)/b12-8+/t21-/m0/s1. The molecule has 2 aromatic heterocycles. The lowest BCUT2D eigenvalue weighted by atomic mass is 10.1. The van der Waals surface area contributed by atoms with E-state index in [1.807, 2.05) is 66.6 Å². The predicted molar refractivity (Wildman–Crippen MR) is 144 cm³/mol. The molecule has 3 heterocycles. The summed E-state index contributed by atoms with van der Waals surface area (Å²) in [5, 5.41) is 3.57. The first kappa shape index (κ1) is 25.9. The fraction of sp³-hybridized carbons (Fsp3) is 0.407.